The van der Waals surface area contributed by atoms with Crippen LogP contribution < -0.4 is 0 Å². The fourth-order valence-electron chi connectivity index (χ4n) is 13.0. The first-order valence-corrected chi connectivity index (χ1v) is 25.4. The van der Waals surface area contributed by atoms with E-state index in [2.05, 4.69) is 223 Å². The van der Waals surface area contributed by atoms with Gasteiger partial charge in [-0.15, -0.1) is 0 Å². The molecule has 0 radical (unpaired) electrons. The molecule has 4 nitrogen and oxygen atoms in total. The topological polar surface area (TPSA) is 43.6 Å². The van der Waals surface area contributed by atoms with Crippen molar-refractivity contribution in [2.75, 3.05) is 0 Å². The summed E-state index contributed by atoms with van der Waals surface area (Å²) in [5.74, 6) is 1.83. The Morgan fingerprint density at radius 3 is 1.42 bits per heavy atom. The average Bonchev–Trinajstić information content (AvgIpc) is 4.08. The average molecular weight is 939 g/mol. The molecular formula is C70H42N4. The molecule has 12 aromatic carbocycles. The molecule has 74 heavy (non-hydrogen) atoms. The molecule has 1 unspecified atom stereocenters. The van der Waals surface area contributed by atoms with Crippen LogP contribution in [0.4, 0.5) is 0 Å². The lowest BCUT2D eigenvalue weighted by atomic mass is 9.70. The van der Waals surface area contributed by atoms with Crippen LogP contribution in [0.1, 0.15) is 22.3 Å². The summed E-state index contributed by atoms with van der Waals surface area (Å²) >= 11 is 0. The molecule has 2 aliphatic rings. The zero-order valence-electron chi connectivity index (χ0n) is 40.0. The zero-order valence-corrected chi connectivity index (χ0v) is 40.0. The predicted octanol–water partition coefficient (Wildman–Crippen LogP) is 17.4. The Bertz CT molecular complexity index is 4550. The van der Waals surface area contributed by atoms with Gasteiger partial charge >= 0.3 is 0 Å². The highest BCUT2D eigenvalue weighted by molar-refractivity contribution is 6.24. The lowest BCUT2D eigenvalue weighted by Gasteiger charge is -2.31. The van der Waals surface area contributed by atoms with Crippen molar-refractivity contribution in [2.24, 2.45) is 0 Å². The molecule has 0 N–H and O–H groups in total. The van der Waals surface area contributed by atoms with Crippen LogP contribution in [0.25, 0.3) is 127 Å². The van der Waals surface area contributed by atoms with Crippen molar-refractivity contribution in [3.05, 3.63) is 277 Å². The lowest BCUT2D eigenvalue weighted by Crippen LogP contribution is -2.26. The normalized spacial score (nSPS) is 14.3. The Hall–Kier alpha value is -9.77. The first-order chi connectivity index (χ1) is 36.7. The largest absolute Gasteiger partial charge is 0.278 e. The number of hydrogen-bond acceptors (Lipinski definition) is 3. The third kappa shape index (κ3) is 5.65. The summed E-state index contributed by atoms with van der Waals surface area (Å²) in [4.78, 5) is 15.8. The summed E-state index contributed by atoms with van der Waals surface area (Å²) in [6.07, 6.45) is 0. The summed E-state index contributed by atoms with van der Waals surface area (Å²) in [5.41, 5.74) is 18.4. The molecule has 0 amide bonds. The Balaban J connectivity index is 0.987. The minimum absolute atomic E-state index is 0.577. The molecule has 16 rings (SSSR count). The van der Waals surface area contributed by atoms with Crippen LogP contribution in [0.3, 0.4) is 0 Å². The standard InChI is InChI=1S/C70H42N4/c1-3-21-44(22-4-1)67-71-68(45-23-5-2-6-24-45)73-69(72-67)74-63-37-18-15-29-51(63)58-41-57-49-28-14-17-36-60(49)70(62(57)42-64(58)74)59-35-16-13-27-48(59)50-39-38-46(40-61(50)70)65-53-30-9-11-32-55(53)66(56-33-12-10-31-54(56)65)52-34-19-25-43-20-7-8-26-47(43)52/h1-42H. The molecular weight excluding hydrogens is 897 g/mol. The molecule has 0 fully saturated rings. The minimum atomic E-state index is -0.638. The van der Waals surface area contributed by atoms with Crippen molar-refractivity contribution in [3.63, 3.8) is 0 Å². The monoisotopic (exact) mass is 938 g/mol. The summed E-state index contributed by atoms with van der Waals surface area (Å²) in [7, 11) is 0. The molecule has 14 aromatic rings. The molecule has 342 valence electrons. The lowest BCUT2D eigenvalue weighted by molar-refractivity contribution is 0.794. The van der Waals surface area contributed by atoms with E-state index in [0.717, 1.165) is 32.9 Å². The second-order valence-corrected chi connectivity index (χ2v) is 19.8. The maximum atomic E-state index is 5.34. The van der Waals surface area contributed by atoms with Crippen LogP contribution in [-0.4, -0.2) is 19.5 Å². The highest BCUT2D eigenvalue weighted by Gasteiger charge is 2.52. The molecule has 0 saturated carbocycles. The van der Waals surface area contributed by atoms with Gasteiger partial charge in [-0.2, -0.15) is 9.97 Å². The fourth-order valence-corrected chi connectivity index (χ4v) is 13.0. The van der Waals surface area contributed by atoms with Crippen LogP contribution >= 0.6 is 0 Å². The van der Waals surface area contributed by atoms with Crippen LogP contribution in [0.5, 0.6) is 0 Å². The molecule has 0 aliphatic heterocycles. The van der Waals surface area contributed by atoms with Gasteiger partial charge in [-0.05, 0) is 123 Å². The first kappa shape index (κ1) is 40.9. The molecule has 2 aromatic heterocycles. The van der Waals surface area contributed by atoms with Gasteiger partial charge in [0.2, 0.25) is 5.95 Å². The molecule has 2 aliphatic carbocycles. The van der Waals surface area contributed by atoms with E-state index in [9.17, 15) is 0 Å². The van der Waals surface area contributed by atoms with Crippen molar-refractivity contribution >= 4 is 54.1 Å². The van der Waals surface area contributed by atoms with E-state index in [0.29, 0.717) is 17.6 Å². The molecule has 1 spiro atoms. The van der Waals surface area contributed by atoms with Gasteiger partial charge in [0.05, 0.1) is 16.4 Å². The molecule has 0 bridgehead atoms. The summed E-state index contributed by atoms with van der Waals surface area (Å²) < 4.78 is 2.27. The van der Waals surface area contributed by atoms with Crippen molar-refractivity contribution in [1.82, 2.24) is 19.5 Å². The van der Waals surface area contributed by atoms with Crippen LogP contribution in [0.15, 0.2) is 255 Å². The van der Waals surface area contributed by atoms with Gasteiger partial charge in [-0.3, -0.25) is 4.57 Å². The third-order valence-corrected chi connectivity index (χ3v) is 16.0. The Labute approximate surface area is 427 Å². The van der Waals surface area contributed by atoms with Gasteiger partial charge in [0, 0.05) is 21.9 Å². The minimum Gasteiger partial charge on any atom is -0.278 e. The van der Waals surface area contributed by atoms with Gasteiger partial charge in [-0.1, -0.05) is 231 Å². The smallest absolute Gasteiger partial charge is 0.238 e. The van der Waals surface area contributed by atoms with Crippen LogP contribution in [0, 0.1) is 0 Å². The number of benzene rings is 12. The van der Waals surface area contributed by atoms with E-state index in [4.69, 9.17) is 15.0 Å². The van der Waals surface area contributed by atoms with Gasteiger partial charge < -0.3 is 0 Å². The summed E-state index contributed by atoms with van der Waals surface area (Å²) in [5, 5.41) is 9.75. The van der Waals surface area contributed by atoms with Crippen molar-refractivity contribution in [2.45, 2.75) is 5.41 Å². The maximum Gasteiger partial charge on any atom is 0.238 e. The maximum absolute atomic E-state index is 5.34. The number of nitrogens with zero attached hydrogens (tertiary/aromatic N) is 4. The summed E-state index contributed by atoms with van der Waals surface area (Å²) in [6.45, 7) is 0. The quantitative estimate of drug-likeness (QED) is 0.162. The summed E-state index contributed by atoms with van der Waals surface area (Å²) in [6, 6.07) is 93.2. The van der Waals surface area contributed by atoms with E-state index < -0.39 is 5.41 Å². The molecule has 4 heteroatoms. The zero-order chi connectivity index (χ0) is 48.5. The van der Waals surface area contributed by atoms with Crippen molar-refractivity contribution in [1.29, 1.82) is 0 Å². The highest BCUT2D eigenvalue weighted by Crippen LogP contribution is 2.64. The Kier molecular flexibility index (Phi) is 8.63. The Morgan fingerprint density at radius 2 is 0.757 bits per heavy atom. The first-order valence-electron chi connectivity index (χ1n) is 25.4. The second-order valence-electron chi connectivity index (χ2n) is 19.8. The Morgan fingerprint density at radius 1 is 0.270 bits per heavy atom. The SMILES string of the molecule is c1ccc(-c2nc(-c3ccccc3)nc(-n3c4ccccc4c4cc5c(cc43)C3(c4ccccc4-c4ccc(-c6c7ccccc7c(-c7cccc8ccccc78)c7ccccc67)cc43)c3ccccc3-5)n2)cc1. The number of para-hydroxylation sites is 1. The van der Waals surface area contributed by atoms with Gasteiger partial charge in [0.1, 0.15) is 0 Å². The number of hydrogen-bond donors (Lipinski definition) is 0. The van der Waals surface area contributed by atoms with E-state index in [1.165, 1.54) is 99.1 Å². The fraction of sp³-hybridized carbons (Fsp3) is 0.0143. The van der Waals surface area contributed by atoms with Crippen molar-refractivity contribution < 1.29 is 0 Å². The van der Waals surface area contributed by atoms with Gasteiger partial charge in [0.15, 0.2) is 11.6 Å². The third-order valence-electron chi connectivity index (χ3n) is 16.0. The van der Waals surface area contributed by atoms with E-state index in [1.54, 1.807) is 0 Å². The van der Waals surface area contributed by atoms with E-state index in [1.807, 2.05) is 36.4 Å². The van der Waals surface area contributed by atoms with E-state index in [-0.39, 0.29) is 0 Å². The van der Waals surface area contributed by atoms with Crippen molar-refractivity contribution in [3.8, 4) is 73.2 Å². The van der Waals surface area contributed by atoms with Gasteiger partial charge in [0.25, 0.3) is 0 Å². The molecule has 0 saturated heterocycles. The molecule has 1 atom stereocenters. The van der Waals surface area contributed by atoms with Gasteiger partial charge in [-0.25, -0.2) is 4.98 Å². The number of rotatable bonds is 5. The second kappa shape index (κ2) is 15.6. The molecule has 2 heterocycles. The highest BCUT2D eigenvalue weighted by atomic mass is 15.2. The van der Waals surface area contributed by atoms with E-state index >= 15 is 0 Å². The van der Waals surface area contributed by atoms with Crippen LogP contribution in [-0.2, 0) is 5.41 Å². The number of fused-ring (bicyclic) bond motifs is 16. The predicted molar refractivity (Wildman–Crippen MR) is 305 cm³/mol. The van der Waals surface area contributed by atoms with Crippen LogP contribution in [0.2, 0.25) is 0 Å². The number of aromatic nitrogens is 4.